The van der Waals surface area contributed by atoms with Crippen molar-refractivity contribution in [1.82, 2.24) is 9.88 Å². The zero-order valence-electron chi connectivity index (χ0n) is 21.0. The molecule has 1 atom stereocenters. The number of aliphatic hydroxyl groups is 1. The summed E-state index contributed by atoms with van der Waals surface area (Å²) in [5, 5.41) is 10.7. The number of ether oxygens (including phenoxy) is 1. The molecule has 0 radical (unpaired) electrons. The highest BCUT2D eigenvalue weighted by atomic mass is 19.2. The van der Waals surface area contributed by atoms with Gasteiger partial charge in [-0.2, -0.15) is 0 Å². The minimum Gasteiger partial charge on any atom is -0.497 e. The average Bonchev–Trinajstić information content (AvgIpc) is 2.94. The second kappa shape index (κ2) is 12.1. The van der Waals surface area contributed by atoms with Crippen molar-refractivity contribution in [3.63, 3.8) is 0 Å². The van der Waals surface area contributed by atoms with E-state index in [1.807, 2.05) is 4.90 Å². The Morgan fingerprint density at radius 2 is 1.84 bits per heavy atom. The number of pyridine rings is 1. The molecule has 0 saturated carbocycles. The van der Waals surface area contributed by atoms with Gasteiger partial charge in [0.05, 0.1) is 19.2 Å². The second-order valence-corrected chi connectivity index (χ2v) is 9.71. The van der Waals surface area contributed by atoms with E-state index in [0.717, 1.165) is 12.1 Å². The molecule has 4 rings (SSSR count). The second-order valence-electron chi connectivity index (χ2n) is 9.71. The van der Waals surface area contributed by atoms with Crippen LogP contribution < -0.4 is 4.74 Å². The van der Waals surface area contributed by atoms with Crippen LogP contribution in [0.5, 0.6) is 5.75 Å². The lowest BCUT2D eigenvalue weighted by atomic mass is 9.74. The van der Waals surface area contributed by atoms with Gasteiger partial charge in [-0.15, -0.1) is 0 Å². The van der Waals surface area contributed by atoms with E-state index in [1.165, 1.54) is 13.3 Å². The normalized spacial score (nSPS) is 16.2. The maximum Gasteiger partial charge on any atom is 0.194 e. The molecule has 1 aromatic heterocycles. The van der Waals surface area contributed by atoms with Crippen LogP contribution >= 0.6 is 0 Å². The Kier molecular flexibility index (Phi) is 8.85. The SMILES string of the molecule is COc1ccc2ncc(CF)c([C@@H](F)CCC3(CO)CCN(CC#Cc4cc(F)c(F)c(F)c4)CC3)c2c1. The van der Waals surface area contributed by atoms with Gasteiger partial charge in [0.15, 0.2) is 17.5 Å². The number of hydrogen-bond donors (Lipinski definition) is 1. The zero-order valence-corrected chi connectivity index (χ0v) is 21.0. The van der Waals surface area contributed by atoms with Crippen LogP contribution in [-0.2, 0) is 6.67 Å². The van der Waals surface area contributed by atoms with E-state index < -0.39 is 35.7 Å². The Balaban J connectivity index is 1.39. The van der Waals surface area contributed by atoms with Gasteiger partial charge in [0.1, 0.15) is 18.6 Å². The van der Waals surface area contributed by atoms with Crippen LogP contribution in [0.3, 0.4) is 0 Å². The number of nitrogens with zero attached hydrogens (tertiary/aromatic N) is 2. The number of fused-ring (bicyclic) bond motifs is 1. The summed E-state index contributed by atoms with van der Waals surface area (Å²) < 4.78 is 74.5. The van der Waals surface area contributed by atoms with Crippen molar-refractivity contribution in [2.24, 2.45) is 5.41 Å². The van der Waals surface area contributed by atoms with Crippen LogP contribution in [-0.4, -0.2) is 48.3 Å². The third-order valence-corrected chi connectivity index (χ3v) is 7.36. The van der Waals surface area contributed by atoms with E-state index in [0.29, 0.717) is 55.5 Å². The van der Waals surface area contributed by atoms with Crippen molar-refractivity contribution in [2.45, 2.75) is 38.5 Å². The maximum atomic E-state index is 15.7. The van der Waals surface area contributed by atoms with Crippen LogP contribution in [0.2, 0.25) is 0 Å². The van der Waals surface area contributed by atoms with E-state index in [2.05, 4.69) is 16.8 Å². The first-order chi connectivity index (χ1) is 18.3. The number of benzene rings is 2. The highest BCUT2D eigenvalue weighted by Crippen LogP contribution is 2.41. The first kappa shape index (κ1) is 27.8. The number of rotatable bonds is 8. The fourth-order valence-corrected chi connectivity index (χ4v) is 4.97. The van der Waals surface area contributed by atoms with Crippen LogP contribution in [0.15, 0.2) is 36.5 Å². The lowest BCUT2D eigenvalue weighted by Crippen LogP contribution is -2.42. The smallest absolute Gasteiger partial charge is 0.194 e. The van der Waals surface area contributed by atoms with Crippen LogP contribution in [0, 0.1) is 34.7 Å². The van der Waals surface area contributed by atoms with E-state index >= 15 is 4.39 Å². The summed E-state index contributed by atoms with van der Waals surface area (Å²) in [6, 6.07) is 6.80. The largest absolute Gasteiger partial charge is 0.497 e. The zero-order chi connectivity index (χ0) is 27.3. The molecule has 4 nitrogen and oxygen atoms in total. The van der Waals surface area contributed by atoms with Gasteiger partial charge in [0.2, 0.25) is 0 Å². The van der Waals surface area contributed by atoms with Crippen molar-refractivity contribution in [3.05, 3.63) is 70.7 Å². The van der Waals surface area contributed by atoms with E-state index in [-0.39, 0.29) is 29.7 Å². The highest BCUT2D eigenvalue weighted by Gasteiger charge is 2.35. The summed E-state index contributed by atoms with van der Waals surface area (Å²) in [7, 11) is 1.51. The minimum absolute atomic E-state index is 0.0472. The van der Waals surface area contributed by atoms with Gasteiger partial charge in [-0.05, 0) is 74.5 Å². The quantitative estimate of drug-likeness (QED) is 0.218. The number of aromatic nitrogens is 1. The van der Waals surface area contributed by atoms with Gasteiger partial charge in [0, 0.05) is 34.9 Å². The predicted octanol–water partition coefficient (Wildman–Crippen LogP) is 6.05. The van der Waals surface area contributed by atoms with Gasteiger partial charge in [-0.1, -0.05) is 11.8 Å². The number of likely N-dealkylation sites (tertiary alicyclic amines) is 1. The van der Waals surface area contributed by atoms with Crippen LogP contribution in [0.25, 0.3) is 10.9 Å². The molecule has 0 amide bonds. The maximum absolute atomic E-state index is 15.7. The Bertz CT molecular complexity index is 1320. The summed E-state index contributed by atoms with van der Waals surface area (Å²) >= 11 is 0. The van der Waals surface area contributed by atoms with Crippen LogP contribution in [0.4, 0.5) is 22.0 Å². The number of piperidine rings is 1. The van der Waals surface area contributed by atoms with Gasteiger partial charge in [-0.25, -0.2) is 22.0 Å². The Labute approximate surface area is 218 Å². The number of hydrogen-bond acceptors (Lipinski definition) is 4. The van der Waals surface area contributed by atoms with Crippen molar-refractivity contribution in [3.8, 4) is 17.6 Å². The topological polar surface area (TPSA) is 45.6 Å². The van der Waals surface area contributed by atoms with E-state index in [1.54, 1.807) is 18.2 Å². The summed E-state index contributed by atoms with van der Waals surface area (Å²) in [5.74, 6) is 1.92. The third kappa shape index (κ3) is 6.08. The Morgan fingerprint density at radius 3 is 2.47 bits per heavy atom. The molecule has 1 fully saturated rings. The lowest BCUT2D eigenvalue weighted by molar-refractivity contribution is 0.0344. The molecule has 3 aromatic rings. The molecule has 1 N–H and O–H groups in total. The molecule has 1 saturated heterocycles. The molecule has 38 heavy (non-hydrogen) atoms. The van der Waals surface area contributed by atoms with Gasteiger partial charge < -0.3 is 9.84 Å². The number of alkyl halides is 2. The molecule has 2 aromatic carbocycles. The molecule has 2 heterocycles. The number of halogens is 5. The molecule has 0 bridgehead atoms. The molecule has 1 aliphatic rings. The van der Waals surface area contributed by atoms with Crippen LogP contribution in [0.1, 0.15) is 48.5 Å². The molecule has 0 spiro atoms. The molecular weight excluding hydrogens is 503 g/mol. The molecule has 0 unspecified atom stereocenters. The van der Waals surface area contributed by atoms with E-state index in [9.17, 15) is 22.7 Å². The fourth-order valence-electron chi connectivity index (χ4n) is 4.97. The first-order valence-corrected chi connectivity index (χ1v) is 12.4. The predicted molar refractivity (Wildman–Crippen MR) is 135 cm³/mol. The standard InChI is InChI=1S/C29H29F5N2O2/c1-38-21-4-5-26-22(15-21)27(20(16-30)17-35-26)23(31)6-7-29(18-37)8-11-36(12-9-29)10-2-3-19-13-24(32)28(34)25(33)14-19/h4-5,13-15,17,23,37H,6-12,16,18H2,1H3/t23-/m0/s1. The molecular formula is C29H29F5N2O2. The van der Waals surface area contributed by atoms with Gasteiger partial charge in [0.25, 0.3) is 0 Å². The van der Waals surface area contributed by atoms with Gasteiger partial charge >= 0.3 is 0 Å². The van der Waals surface area contributed by atoms with Crippen molar-refractivity contribution in [2.75, 3.05) is 33.4 Å². The first-order valence-electron chi connectivity index (χ1n) is 12.4. The molecule has 202 valence electrons. The number of aliphatic hydroxyl groups excluding tert-OH is 1. The summed E-state index contributed by atoms with van der Waals surface area (Å²) in [6.45, 7) is 0.591. The Hall–Kier alpha value is -3.22. The van der Waals surface area contributed by atoms with Crippen molar-refractivity contribution >= 4 is 10.9 Å². The van der Waals surface area contributed by atoms with Crippen molar-refractivity contribution in [1.29, 1.82) is 0 Å². The number of methoxy groups -OCH3 is 1. The van der Waals surface area contributed by atoms with Crippen molar-refractivity contribution < 1.29 is 31.8 Å². The van der Waals surface area contributed by atoms with Gasteiger partial charge in [-0.3, -0.25) is 9.88 Å². The van der Waals surface area contributed by atoms with E-state index in [4.69, 9.17) is 4.74 Å². The average molecular weight is 533 g/mol. The monoisotopic (exact) mass is 532 g/mol. The third-order valence-electron chi connectivity index (χ3n) is 7.36. The minimum atomic E-state index is -1.53. The Morgan fingerprint density at radius 1 is 1.13 bits per heavy atom. The molecule has 9 heteroatoms. The fraction of sp³-hybridized carbons (Fsp3) is 0.414. The molecule has 1 aliphatic heterocycles. The summed E-state index contributed by atoms with van der Waals surface area (Å²) in [4.78, 5) is 6.28. The molecule has 0 aliphatic carbocycles. The highest BCUT2D eigenvalue weighted by molar-refractivity contribution is 5.85. The summed E-state index contributed by atoms with van der Waals surface area (Å²) in [5.41, 5.74) is 0.592. The lowest BCUT2D eigenvalue weighted by Gasteiger charge is -2.40. The summed E-state index contributed by atoms with van der Waals surface area (Å²) in [6.07, 6.45) is 1.68.